The van der Waals surface area contributed by atoms with Gasteiger partial charge in [-0.3, -0.25) is 4.79 Å². The van der Waals surface area contributed by atoms with Gasteiger partial charge in [0.15, 0.2) is 0 Å². The molecule has 0 bridgehead atoms. The number of rotatable bonds is 6. The average Bonchev–Trinajstić information content (AvgIpc) is 3.42. The third-order valence-electron chi connectivity index (χ3n) is 5.54. The molecule has 4 aromatic rings. The van der Waals surface area contributed by atoms with E-state index in [2.05, 4.69) is 5.32 Å². The van der Waals surface area contributed by atoms with E-state index >= 15 is 0 Å². The van der Waals surface area contributed by atoms with E-state index in [1.54, 1.807) is 32.0 Å². The summed E-state index contributed by atoms with van der Waals surface area (Å²) in [5.41, 5.74) is 0.332. The molecule has 0 aliphatic heterocycles. The van der Waals surface area contributed by atoms with E-state index in [-0.39, 0.29) is 29.4 Å². The lowest BCUT2D eigenvalue weighted by atomic mass is 10.1. The summed E-state index contributed by atoms with van der Waals surface area (Å²) >= 11 is 0. The molecule has 0 atom stereocenters. The number of aromatic nitrogens is 1. The van der Waals surface area contributed by atoms with Crippen LogP contribution in [-0.2, 0) is 19.0 Å². The van der Waals surface area contributed by atoms with Crippen LogP contribution in [0.2, 0.25) is 0 Å². The molecular weight excluding hydrogens is 502 g/mol. The van der Waals surface area contributed by atoms with Crippen molar-refractivity contribution in [1.82, 2.24) is 4.57 Å². The fourth-order valence-electron chi connectivity index (χ4n) is 3.90. The van der Waals surface area contributed by atoms with Crippen molar-refractivity contribution in [2.45, 2.75) is 32.8 Å². The minimum atomic E-state index is -4.60. The molecule has 0 aliphatic rings. The maximum atomic E-state index is 13.6. The van der Waals surface area contributed by atoms with Crippen LogP contribution in [-0.4, -0.2) is 10.5 Å². The number of carbonyl (C=O) groups is 1. The van der Waals surface area contributed by atoms with Crippen LogP contribution in [0.25, 0.3) is 5.69 Å². The van der Waals surface area contributed by atoms with Gasteiger partial charge in [0.2, 0.25) is 5.76 Å². The smallest absolute Gasteiger partial charge is 0.449 e. The number of anilines is 1. The lowest BCUT2D eigenvalue weighted by Crippen LogP contribution is -2.15. The Morgan fingerprint density at radius 1 is 0.919 bits per heavy atom. The van der Waals surface area contributed by atoms with Crippen molar-refractivity contribution in [3.63, 3.8) is 0 Å². The van der Waals surface area contributed by atoms with Crippen molar-refractivity contribution in [2.24, 2.45) is 0 Å². The number of amides is 1. The average molecular weight is 522 g/mol. The summed E-state index contributed by atoms with van der Waals surface area (Å²) in [5.74, 6) is -1.47. The van der Waals surface area contributed by atoms with Crippen LogP contribution in [0.5, 0.6) is 5.75 Å². The van der Waals surface area contributed by atoms with Crippen molar-refractivity contribution >= 4 is 11.6 Å². The topological polar surface area (TPSA) is 56.4 Å². The number of nitrogens with zero attached hydrogens (tertiary/aromatic N) is 1. The second kappa shape index (κ2) is 9.72. The number of ether oxygens (including phenoxy) is 1. The van der Waals surface area contributed by atoms with Crippen molar-refractivity contribution in [2.75, 3.05) is 5.32 Å². The minimum absolute atomic E-state index is 0.0339. The van der Waals surface area contributed by atoms with E-state index < -0.39 is 29.6 Å². The molecule has 2 aromatic heterocycles. The molecule has 5 nitrogen and oxygen atoms in total. The fourth-order valence-corrected chi connectivity index (χ4v) is 3.90. The quantitative estimate of drug-likeness (QED) is 0.266. The standard InChI is InChI=1S/C26H20F6N2O3/c1-15-12-20(16(2)34(15)22-9-4-3-8-21(22)25(27,28)29)24(35)33-17-6-5-7-18(13-17)36-14-19-10-11-23(37-19)26(30,31)32/h3-13H,14H2,1-2H3,(H,33,35). The number of carbonyl (C=O) groups excluding carboxylic acids is 1. The highest BCUT2D eigenvalue weighted by Gasteiger charge is 2.35. The highest BCUT2D eigenvalue weighted by molar-refractivity contribution is 6.05. The molecule has 1 N–H and O–H groups in total. The molecule has 0 spiro atoms. The number of nitrogens with one attached hydrogen (secondary N) is 1. The highest BCUT2D eigenvalue weighted by atomic mass is 19.4. The summed E-state index contributed by atoms with van der Waals surface area (Å²) in [5, 5.41) is 2.67. The van der Waals surface area contributed by atoms with Crippen LogP contribution < -0.4 is 10.1 Å². The number of aryl methyl sites for hydroxylation is 1. The zero-order valence-corrected chi connectivity index (χ0v) is 19.5. The molecule has 0 unspecified atom stereocenters. The third-order valence-corrected chi connectivity index (χ3v) is 5.54. The zero-order valence-electron chi connectivity index (χ0n) is 19.5. The maximum absolute atomic E-state index is 13.6. The lowest BCUT2D eigenvalue weighted by molar-refractivity contribution is -0.153. The monoisotopic (exact) mass is 522 g/mol. The normalized spacial score (nSPS) is 12.0. The number of hydrogen-bond donors (Lipinski definition) is 1. The molecule has 11 heteroatoms. The Labute approximate surface area is 207 Å². The Kier molecular flexibility index (Phi) is 6.81. The number of furan rings is 1. The third kappa shape index (κ3) is 5.65. The van der Waals surface area contributed by atoms with Gasteiger partial charge in [-0.2, -0.15) is 26.3 Å². The van der Waals surface area contributed by atoms with Crippen molar-refractivity contribution in [3.8, 4) is 11.4 Å². The first-order valence-electron chi connectivity index (χ1n) is 10.9. The molecule has 2 heterocycles. The SMILES string of the molecule is Cc1cc(C(=O)Nc2cccc(OCc3ccc(C(F)(F)F)o3)c2)c(C)n1-c1ccccc1C(F)(F)F. The van der Waals surface area contributed by atoms with Crippen LogP contribution >= 0.6 is 0 Å². The predicted octanol–water partition coefficient (Wildman–Crippen LogP) is 7.56. The molecule has 0 saturated heterocycles. The molecule has 194 valence electrons. The Morgan fingerprint density at radius 3 is 2.32 bits per heavy atom. The minimum Gasteiger partial charge on any atom is -0.486 e. The van der Waals surface area contributed by atoms with Crippen LogP contribution in [0.4, 0.5) is 32.0 Å². The van der Waals surface area contributed by atoms with Gasteiger partial charge in [-0.25, -0.2) is 0 Å². The molecular formula is C26H20F6N2O3. The van der Waals surface area contributed by atoms with Gasteiger partial charge in [0, 0.05) is 23.1 Å². The molecule has 1 amide bonds. The van der Waals surface area contributed by atoms with Gasteiger partial charge in [-0.1, -0.05) is 18.2 Å². The second-order valence-corrected chi connectivity index (χ2v) is 8.17. The van der Waals surface area contributed by atoms with Crippen LogP contribution in [0.3, 0.4) is 0 Å². The van der Waals surface area contributed by atoms with Gasteiger partial charge in [-0.15, -0.1) is 0 Å². The number of alkyl halides is 6. The van der Waals surface area contributed by atoms with Crippen LogP contribution in [0.15, 0.2) is 71.1 Å². The van der Waals surface area contributed by atoms with Gasteiger partial charge in [-0.05, 0) is 56.3 Å². The molecule has 0 fully saturated rings. The summed E-state index contributed by atoms with van der Waals surface area (Å²) < 4.78 is 90.3. The van der Waals surface area contributed by atoms with E-state index in [0.717, 1.165) is 18.2 Å². The number of benzene rings is 2. The van der Waals surface area contributed by atoms with E-state index in [9.17, 15) is 31.1 Å². The lowest BCUT2D eigenvalue weighted by Gasteiger charge is -2.17. The summed E-state index contributed by atoms with van der Waals surface area (Å²) in [6.45, 7) is 2.88. The largest absolute Gasteiger partial charge is 0.486 e. The van der Waals surface area contributed by atoms with Crippen LogP contribution in [0.1, 0.15) is 38.8 Å². The maximum Gasteiger partial charge on any atom is 0.449 e. The molecule has 0 aliphatic carbocycles. The summed E-state index contributed by atoms with van der Waals surface area (Å²) in [4.78, 5) is 13.0. The molecule has 2 aromatic carbocycles. The van der Waals surface area contributed by atoms with Gasteiger partial charge in [0.05, 0.1) is 16.8 Å². The molecule has 0 saturated carbocycles. The van der Waals surface area contributed by atoms with Gasteiger partial charge >= 0.3 is 12.4 Å². The molecule has 4 rings (SSSR count). The zero-order chi connectivity index (χ0) is 27.0. The Morgan fingerprint density at radius 2 is 1.65 bits per heavy atom. The van der Waals surface area contributed by atoms with Crippen LogP contribution in [0, 0.1) is 13.8 Å². The molecule has 37 heavy (non-hydrogen) atoms. The first-order chi connectivity index (χ1) is 17.3. The Balaban J connectivity index is 1.51. The summed E-state index contributed by atoms with van der Waals surface area (Å²) in [6.07, 6.45) is -9.18. The number of para-hydroxylation sites is 1. The van der Waals surface area contributed by atoms with E-state index in [4.69, 9.17) is 9.15 Å². The van der Waals surface area contributed by atoms with E-state index in [0.29, 0.717) is 17.1 Å². The molecule has 0 radical (unpaired) electrons. The second-order valence-electron chi connectivity index (χ2n) is 8.17. The predicted molar refractivity (Wildman–Crippen MR) is 123 cm³/mol. The fraction of sp³-hybridized carbons (Fsp3) is 0.192. The number of hydrogen-bond acceptors (Lipinski definition) is 3. The van der Waals surface area contributed by atoms with E-state index in [1.165, 1.54) is 34.9 Å². The first-order valence-corrected chi connectivity index (χ1v) is 10.9. The number of halogens is 6. The van der Waals surface area contributed by atoms with Crippen molar-refractivity contribution in [3.05, 3.63) is 101 Å². The first kappa shape index (κ1) is 25.9. The van der Waals surface area contributed by atoms with E-state index in [1.807, 2.05) is 0 Å². The Bertz CT molecular complexity index is 1430. The summed E-state index contributed by atoms with van der Waals surface area (Å²) in [7, 11) is 0. The Hall–Kier alpha value is -4.15. The van der Waals surface area contributed by atoms with Gasteiger partial charge < -0.3 is 19.0 Å². The van der Waals surface area contributed by atoms with Gasteiger partial charge in [0.25, 0.3) is 5.91 Å². The van der Waals surface area contributed by atoms with Crippen molar-refractivity contribution < 1.29 is 40.3 Å². The highest BCUT2D eigenvalue weighted by Crippen LogP contribution is 2.36. The van der Waals surface area contributed by atoms with Gasteiger partial charge in [0.1, 0.15) is 18.1 Å². The van der Waals surface area contributed by atoms with Crippen molar-refractivity contribution in [1.29, 1.82) is 0 Å². The summed E-state index contributed by atoms with van der Waals surface area (Å²) in [6, 6.07) is 14.7.